The lowest BCUT2D eigenvalue weighted by molar-refractivity contribution is -0.132. The number of nitrogens with zero attached hydrogens (tertiary/aromatic N) is 3. The second-order valence-electron chi connectivity index (χ2n) is 8.49. The van der Waals surface area contributed by atoms with Gasteiger partial charge in [-0.25, -0.2) is 0 Å². The highest BCUT2D eigenvalue weighted by molar-refractivity contribution is 7.18. The fraction of sp³-hybridized carbons (Fsp3) is 0.385. The summed E-state index contributed by atoms with van der Waals surface area (Å²) in [5.74, 6) is 1.38. The second kappa shape index (κ2) is 12.9. The Bertz CT molecular complexity index is 1120. The van der Waals surface area contributed by atoms with Crippen molar-refractivity contribution in [2.75, 3.05) is 32.6 Å². The van der Waals surface area contributed by atoms with Crippen LogP contribution in [0.25, 0.3) is 10.6 Å². The van der Waals surface area contributed by atoms with Gasteiger partial charge in [-0.05, 0) is 30.0 Å². The molecule has 0 saturated carbocycles. The van der Waals surface area contributed by atoms with Crippen molar-refractivity contribution in [3.63, 3.8) is 0 Å². The average Bonchev–Trinajstić information content (AvgIpc) is 3.32. The number of benzene rings is 2. The summed E-state index contributed by atoms with van der Waals surface area (Å²) in [6.45, 7) is 4.86. The Morgan fingerprint density at radius 2 is 1.74 bits per heavy atom. The van der Waals surface area contributed by atoms with Crippen LogP contribution < -0.4 is 14.8 Å². The van der Waals surface area contributed by atoms with E-state index < -0.39 is 0 Å². The number of nitrogens with one attached hydrogen (secondary N) is 1. The molecule has 0 aliphatic rings. The number of hydrogen-bond acceptors (Lipinski definition) is 7. The number of anilines is 1. The zero-order valence-electron chi connectivity index (χ0n) is 20.6. The number of hydrogen-bond donors (Lipinski definition) is 1. The highest BCUT2D eigenvalue weighted by Crippen LogP contribution is 2.28. The Morgan fingerprint density at radius 1 is 1.00 bits per heavy atom. The zero-order chi connectivity index (χ0) is 25.2. The fourth-order valence-corrected chi connectivity index (χ4v) is 4.29. The predicted molar refractivity (Wildman–Crippen MR) is 138 cm³/mol. The maximum absolute atomic E-state index is 12.9. The Labute approximate surface area is 210 Å². The van der Waals surface area contributed by atoms with Gasteiger partial charge in [-0.3, -0.25) is 9.59 Å². The molecule has 186 valence electrons. The molecule has 1 aromatic heterocycles. The predicted octanol–water partition coefficient (Wildman–Crippen LogP) is 4.67. The van der Waals surface area contributed by atoms with E-state index in [2.05, 4.69) is 15.5 Å². The largest absolute Gasteiger partial charge is 0.493 e. The molecule has 0 atom stereocenters. The van der Waals surface area contributed by atoms with Crippen molar-refractivity contribution in [1.82, 2.24) is 15.1 Å². The number of carbonyl (C=O) groups is 2. The average molecular weight is 497 g/mol. The van der Waals surface area contributed by atoms with E-state index in [0.717, 1.165) is 16.1 Å². The van der Waals surface area contributed by atoms with Crippen LogP contribution in [-0.4, -0.2) is 54.2 Å². The molecule has 3 rings (SSSR count). The molecule has 0 aliphatic carbocycles. The van der Waals surface area contributed by atoms with Crippen LogP contribution in [-0.2, 0) is 16.0 Å². The quantitative estimate of drug-likeness (QED) is 0.392. The van der Waals surface area contributed by atoms with E-state index in [1.165, 1.54) is 11.3 Å². The zero-order valence-corrected chi connectivity index (χ0v) is 21.4. The number of amides is 2. The van der Waals surface area contributed by atoms with Crippen LogP contribution in [0.15, 0.2) is 48.5 Å². The molecular weight excluding hydrogens is 464 g/mol. The molecule has 3 aromatic rings. The Kier molecular flexibility index (Phi) is 9.60. The van der Waals surface area contributed by atoms with E-state index in [9.17, 15) is 9.59 Å². The van der Waals surface area contributed by atoms with Crippen molar-refractivity contribution in [3.8, 4) is 22.1 Å². The third-order valence-electron chi connectivity index (χ3n) is 5.35. The normalized spacial score (nSPS) is 10.8. The summed E-state index contributed by atoms with van der Waals surface area (Å²) in [5, 5.41) is 12.2. The van der Waals surface area contributed by atoms with Gasteiger partial charge in [-0.1, -0.05) is 61.6 Å². The van der Waals surface area contributed by atoms with Gasteiger partial charge in [0.2, 0.25) is 16.9 Å². The maximum atomic E-state index is 12.9. The molecule has 0 bridgehead atoms. The van der Waals surface area contributed by atoms with Crippen LogP contribution in [0.1, 0.15) is 32.3 Å². The summed E-state index contributed by atoms with van der Waals surface area (Å²) in [7, 11) is 3.19. The third kappa shape index (κ3) is 7.78. The van der Waals surface area contributed by atoms with Gasteiger partial charge in [0.05, 0.1) is 14.2 Å². The van der Waals surface area contributed by atoms with Gasteiger partial charge in [-0.15, -0.1) is 10.2 Å². The molecule has 0 aliphatic heterocycles. The monoisotopic (exact) mass is 496 g/mol. The first-order valence-electron chi connectivity index (χ1n) is 11.6. The highest BCUT2D eigenvalue weighted by Gasteiger charge is 2.18. The summed E-state index contributed by atoms with van der Waals surface area (Å²) in [6.07, 6.45) is 1.25. The molecule has 0 saturated heterocycles. The third-order valence-corrected chi connectivity index (χ3v) is 6.24. The summed E-state index contributed by atoms with van der Waals surface area (Å²) < 4.78 is 10.7. The Morgan fingerprint density at radius 3 is 2.43 bits per heavy atom. The number of rotatable bonds is 12. The highest BCUT2D eigenvalue weighted by atomic mass is 32.1. The molecule has 8 nitrogen and oxygen atoms in total. The molecule has 2 aromatic carbocycles. The summed E-state index contributed by atoms with van der Waals surface area (Å²) in [4.78, 5) is 27.2. The summed E-state index contributed by atoms with van der Waals surface area (Å²) >= 11 is 1.32. The van der Waals surface area contributed by atoms with Gasteiger partial charge < -0.3 is 19.7 Å². The van der Waals surface area contributed by atoms with Crippen molar-refractivity contribution >= 4 is 28.3 Å². The van der Waals surface area contributed by atoms with Crippen LogP contribution >= 0.6 is 11.3 Å². The number of carbonyl (C=O) groups excluding carboxylic acids is 2. The molecular formula is C26H32N4O4S. The van der Waals surface area contributed by atoms with E-state index in [1.807, 2.05) is 62.4 Å². The SMILES string of the molecule is COc1ccc(CCN(CCC(=O)Nc2nnc(-c3ccccc3)s2)C(=O)CC(C)C)cc1OC. The van der Waals surface area contributed by atoms with Crippen LogP contribution in [0.2, 0.25) is 0 Å². The van der Waals surface area contributed by atoms with Gasteiger partial charge in [0.15, 0.2) is 11.5 Å². The summed E-state index contributed by atoms with van der Waals surface area (Å²) in [5.41, 5.74) is 1.97. The van der Waals surface area contributed by atoms with Crippen LogP contribution in [0, 0.1) is 5.92 Å². The second-order valence-corrected chi connectivity index (χ2v) is 9.47. The van der Waals surface area contributed by atoms with Crippen molar-refractivity contribution in [2.45, 2.75) is 33.1 Å². The number of methoxy groups -OCH3 is 2. The van der Waals surface area contributed by atoms with E-state index in [0.29, 0.717) is 42.6 Å². The van der Waals surface area contributed by atoms with E-state index in [-0.39, 0.29) is 24.2 Å². The van der Waals surface area contributed by atoms with Gasteiger partial charge in [0, 0.05) is 31.5 Å². The maximum Gasteiger partial charge on any atom is 0.227 e. The first-order chi connectivity index (χ1) is 16.9. The van der Waals surface area contributed by atoms with Crippen LogP contribution in [0.5, 0.6) is 11.5 Å². The van der Waals surface area contributed by atoms with E-state index in [1.54, 1.807) is 19.1 Å². The lowest BCUT2D eigenvalue weighted by Crippen LogP contribution is -2.36. The van der Waals surface area contributed by atoms with Gasteiger partial charge in [0.1, 0.15) is 5.01 Å². The first-order valence-corrected chi connectivity index (χ1v) is 12.4. The number of ether oxygens (including phenoxy) is 2. The van der Waals surface area contributed by atoms with Crippen LogP contribution in [0.4, 0.5) is 5.13 Å². The minimum Gasteiger partial charge on any atom is -0.493 e. The molecule has 0 spiro atoms. The standard InChI is InChI=1S/C26H32N4O4S/c1-18(2)16-24(32)30(14-12-19-10-11-21(33-3)22(17-19)34-4)15-13-23(31)27-26-29-28-25(35-26)20-8-6-5-7-9-20/h5-11,17-18H,12-16H2,1-4H3,(H,27,29,31). The lowest BCUT2D eigenvalue weighted by atomic mass is 10.1. The molecule has 0 radical (unpaired) electrons. The molecule has 2 amide bonds. The molecule has 1 N–H and O–H groups in total. The van der Waals surface area contributed by atoms with Crippen molar-refractivity contribution in [1.29, 1.82) is 0 Å². The Hall–Kier alpha value is -3.46. The van der Waals surface area contributed by atoms with Gasteiger partial charge in [-0.2, -0.15) is 0 Å². The molecule has 0 unspecified atom stereocenters. The van der Waals surface area contributed by atoms with Crippen molar-refractivity contribution < 1.29 is 19.1 Å². The fourth-order valence-electron chi connectivity index (χ4n) is 3.53. The number of aromatic nitrogens is 2. The lowest BCUT2D eigenvalue weighted by Gasteiger charge is -2.23. The smallest absolute Gasteiger partial charge is 0.227 e. The molecule has 9 heteroatoms. The Balaban J connectivity index is 1.59. The summed E-state index contributed by atoms with van der Waals surface area (Å²) in [6, 6.07) is 15.4. The van der Waals surface area contributed by atoms with Crippen molar-refractivity contribution in [2.24, 2.45) is 5.92 Å². The van der Waals surface area contributed by atoms with E-state index in [4.69, 9.17) is 9.47 Å². The minimum absolute atomic E-state index is 0.0376. The molecule has 0 fully saturated rings. The molecule has 35 heavy (non-hydrogen) atoms. The van der Waals surface area contributed by atoms with E-state index >= 15 is 0 Å². The van der Waals surface area contributed by atoms with Crippen LogP contribution in [0.3, 0.4) is 0 Å². The first kappa shape index (κ1) is 26.2. The minimum atomic E-state index is -0.200. The van der Waals surface area contributed by atoms with Gasteiger partial charge >= 0.3 is 0 Å². The molecule has 1 heterocycles. The van der Waals surface area contributed by atoms with Crippen molar-refractivity contribution in [3.05, 3.63) is 54.1 Å². The van der Waals surface area contributed by atoms with Gasteiger partial charge in [0.25, 0.3) is 0 Å². The topological polar surface area (TPSA) is 93.6 Å².